The average Bonchev–Trinajstić information content (AvgIpc) is 1.65. The Balaban J connectivity index is 0. The molecule has 0 aliphatic rings. The molecule has 0 aromatic heterocycles. The maximum absolute atomic E-state index is 3.76. The minimum Gasteiger partial charge on any atom is -1.00 e. The minimum atomic E-state index is 0. The van der Waals surface area contributed by atoms with Crippen molar-refractivity contribution >= 4 is 0 Å². The van der Waals surface area contributed by atoms with Gasteiger partial charge >= 0.3 is 0 Å². The van der Waals surface area contributed by atoms with Gasteiger partial charge in [-0.25, -0.2) is 0 Å². The maximum atomic E-state index is 3.76. The van der Waals surface area contributed by atoms with Gasteiger partial charge in [-0.15, -0.1) is 0 Å². The third kappa shape index (κ3) is 6.69. The third-order valence-corrected chi connectivity index (χ3v) is 1.19. The molecule has 46 valence electrons. The Hall–Kier alpha value is 0.690. The van der Waals surface area contributed by atoms with Gasteiger partial charge in [-0.2, -0.15) is 0 Å². The predicted molar refractivity (Wildman–Crippen MR) is 27.2 cm³/mol. The largest absolute Gasteiger partial charge is 1.00 e. The summed E-state index contributed by atoms with van der Waals surface area (Å²) in [4.78, 5) is 0. The van der Waals surface area contributed by atoms with Crippen LogP contribution in [-0.2, 0) is 0 Å². The standard InChI is InChI=1S/C5H13N.HI/c1-3-5(2)4-6;/h5H,3-4,6H2,1-2H3;1H. The molecule has 2 heteroatoms. The molecule has 0 bridgehead atoms. The lowest BCUT2D eigenvalue weighted by atomic mass is 10.1. The molecule has 0 aromatic rings. The molecule has 0 aliphatic carbocycles. The summed E-state index contributed by atoms with van der Waals surface area (Å²) in [7, 11) is 0. The zero-order valence-corrected chi connectivity index (χ0v) is 7.23. The summed E-state index contributed by atoms with van der Waals surface area (Å²) >= 11 is 0. The van der Waals surface area contributed by atoms with Gasteiger partial charge in [0.05, 0.1) is 6.54 Å². The summed E-state index contributed by atoms with van der Waals surface area (Å²) in [5, 5.41) is 0. The summed E-state index contributed by atoms with van der Waals surface area (Å²) in [6.45, 7) is 5.49. The first-order valence-corrected chi connectivity index (χ1v) is 2.60. The van der Waals surface area contributed by atoms with Crippen molar-refractivity contribution in [3.8, 4) is 0 Å². The van der Waals surface area contributed by atoms with Crippen LogP contribution in [0.2, 0.25) is 0 Å². The molecule has 0 saturated heterocycles. The second-order valence-electron chi connectivity index (χ2n) is 1.80. The fraction of sp³-hybridized carbons (Fsp3) is 1.00. The molecule has 0 spiro atoms. The molecule has 1 unspecified atom stereocenters. The average molecular weight is 215 g/mol. The van der Waals surface area contributed by atoms with E-state index in [9.17, 15) is 0 Å². The van der Waals surface area contributed by atoms with E-state index < -0.39 is 0 Å². The lowest BCUT2D eigenvalue weighted by Gasteiger charge is -1.96. The second-order valence-corrected chi connectivity index (χ2v) is 1.80. The highest BCUT2D eigenvalue weighted by Gasteiger charge is 1.92. The predicted octanol–water partition coefficient (Wildman–Crippen LogP) is -2.72. The van der Waals surface area contributed by atoms with Crippen molar-refractivity contribution in [2.24, 2.45) is 5.92 Å². The summed E-state index contributed by atoms with van der Waals surface area (Å²) in [5.41, 5.74) is 3.76. The smallest absolute Gasteiger partial charge is 0.0765 e. The van der Waals surface area contributed by atoms with E-state index in [2.05, 4.69) is 19.6 Å². The van der Waals surface area contributed by atoms with Crippen molar-refractivity contribution in [1.29, 1.82) is 0 Å². The van der Waals surface area contributed by atoms with Crippen LogP contribution in [0.1, 0.15) is 20.3 Å². The lowest BCUT2D eigenvalue weighted by Crippen LogP contribution is -3.00. The Morgan fingerprint density at radius 3 is 2.00 bits per heavy atom. The van der Waals surface area contributed by atoms with E-state index in [0.717, 1.165) is 12.5 Å². The first kappa shape index (κ1) is 10.6. The molecule has 0 aromatic carbocycles. The van der Waals surface area contributed by atoms with Crippen molar-refractivity contribution in [1.82, 2.24) is 0 Å². The maximum Gasteiger partial charge on any atom is 0.0765 e. The van der Waals surface area contributed by atoms with E-state index in [-0.39, 0.29) is 24.0 Å². The van der Waals surface area contributed by atoms with E-state index in [1.807, 2.05) is 0 Å². The molecule has 3 N–H and O–H groups in total. The molecular weight excluding hydrogens is 201 g/mol. The number of halogens is 1. The van der Waals surface area contributed by atoms with Crippen LogP contribution >= 0.6 is 0 Å². The van der Waals surface area contributed by atoms with E-state index in [4.69, 9.17) is 0 Å². The lowest BCUT2D eigenvalue weighted by molar-refractivity contribution is -0.378. The van der Waals surface area contributed by atoms with Gasteiger partial charge in [-0.1, -0.05) is 13.8 Å². The molecule has 0 aliphatic heterocycles. The fourth-order valence-electron chi connectivity index (χ4n) is 0.204. The zero-order valence-electron chi connectivity index (χ0n) is 5.08. The van der Waals surface area contributed by atoms with Crippen LogP contribution in [0.15, 0.2) is 0 Å². The Labute approximate surface area is 62.7 Å². The van der Waals surface area contributed by atoms with Crippen molar-refractivity contribution < 1.29 is 29.7 Å². The van der Waals surface area contributed by atoms with Crippen molar-refractivity contribution in [3.05, 3.63) is 0 Å². The van der Waals surface area contributed by atoms with E-state index >= 15 is 0 Å². The molecule has 1 atom stereocenters. The fourth-order valence-corrected chi connectivity index (χ4v) is 0.204. The Morgan fingerprint density at radius 1 is 1.57 bits per heavy atom. The van der Waals surface area contributed by atoms with Gasteiger partial charge in [0.2, 0.25) is 0 Å². The van der Waals surface area contributed by atoms with E-state index in [1.165, 1.54) is 6.42 Å². The molecule has 0 radical (unpaired) electrons. The van der Waals surface area contributed by atoms with Gasteiger partial charge in [0.1, 0.15) is 0 Å². The monoisotopic (exact) mass is 215 g/mol. The van der Waals surface area contributed by atoms with Gasteiger partial charge < -0.3 is 29.7 Å². The van der Waals surface area contributed by atoms with Crippen LogP contribution in [0.5, 0.6) is 0 Å². The van der Waals surface area contributed by atoms with Gasteiger partial charge in [-0.05, 0) is 6.42 Å². The number of hydrogen-bond donors (Lipinski definition) is 1. The molecule has 0 fully saturated rings. The molecule has 0 heterocycles. The van der Waals surface area contributed by atoms with Crippen molar-refractivity contribution in [2.45, 2.75) is 20.3 Å². The highest BCUT2D eigenvalue weighted by Crippen LogP contribution is 1.92. The molecule has 1 nitrogen and oxygen atoms in total. The van der Waals surface area contributed by atoms with Crippen LogP contribution in [0, 0.1) is 5.92 Å². The second kappa shape index (κ2) is 6.69. The van der Waals surface area contributed by atoms with Crippen molar-refractivity contribution in [2.75, 3.05) is 6.54 Å². The van der Waals surface area contributed by atoms with E-state index in [1.54, 1.807) is 0 Å². The number of hydrogen-bond acceptors (Lipinski definition) is 0. The molecular formula is C5H14IN. The van der Waals surface area contributed by atoms with Crippen molar-refractivity contribution in [3.63, 3.8) is 0 Å². The summed E-state index contributed by atoms with van der Waals surface area (Å²) in [6, 6.07) is 0. The molecule has 0 amide bonds. The van der Waals surface area contributed by atoms with Gasteiger partial charge in [0.25, 0.3) is 0 Å². The quantitative estimate of drug-likeness (QED) is 0.485. The molecule has 0 rings (SSSR count). The third-order valence-electron chi connectivity index (χ3n) is 1.19. The summed E-state index contributed by atoms with van der Waals surface area (Å²) in [6.07, 6.45) is 1.27. The highest BCUT2D eigenvalue weighted by molar-refractivity contribution is 4.40. The van der Waals surface area contributed by atoms with Crippen LogP contribution in [-0.4, -0.2) is 6.54 Å². The van der Waals surface area contributed by atoms with Gasteiger partial charge in [-0.3, -0.25) is 0 Å². The number of rotatable bonds is 2. The van der Waals surface area contributed by atoms with Crippen LogP contribution in [0.4, 0.5) is 0 Å². The molecule has 0 saturated carbocycles. The normalized spacial score (nSPS) is 12.4. The van der Waals surface area contributed by atoms with Crippen LogP contribution < -0.4 is 29.7 Å². The van der Waals surface area contributed by atoms with Gasteiger partial charge in [0.15, 0.2) is 0 Å². The van der Waals surface area contributed by atoms with E-state index in [0.29, 0.717) is 0 Å². The Bertz CT molecular complexity index is 27.3. The summed E-state index contributed by atoms with van der Waals surface area (Å²) in [5.74, 6) is 0.824. The van der Waals surface area contributed by atoms with Gasteiger partial charge in [0, 0.05) is 5.92 Å². The Morgan fingerprint density at radius 2 is 2.00 bits per heavy atom. The highest BCUT2D eigenvalue weighted by atomic mass is 127. The summed E-state index contributed by atoms with van der Waals surface area (Å²) < 4.78 is 0. The first-order chi connectivity index (χ1) is 2.81. The van der Waals surface area contributed by atoms with Crippen LogP contribution in [0.3, 0.4) is 0 Å². The molecule has 7 heavy (non-hydrogen) atoms. The number of quaternary nitrogens is 1. The Kier molecular flexibility index (Phi) is 10.2. The topological polar surface area (TPSA) is 27.6 Å². The van der Waals surface area contributed by atoms with Crippen LogP contribution in [0.25, 0.3) is 0 Å². The minimum absolute atomic E-state index is 0. The SMILES string of the molecule is CCC(C)C[NH3+].[I-]. The zero-order chi connectivity index (χ0) is 4.99. The first-order valence-electron chi connectivity index (χ1n) is 2.60.